The van der Waals surface area contributed by atoms with Gasteiger partial charge in [-0.1, -0.05) is 43.3 Å². The highest BCUT2D eigenvalue weighted by molar-refractivity contribution is 5.13. The predicted octanol–water partition coefficient (Wildman–Crippen LogP) is 3.80. The molecule has 0 N–H and O–H groups in total. The molecule has 0 bridgehead atoms. The first-order valence-corrected chi connectivity index (χ1v) is 5.50. The van der Waals surface area contributed by atoms with E-state index in [1.807, 2.05) is 24.3 Å². The summed E-state index contributed by atoms with van der Waals surface area (Å²) in [6.07, 6.45) is 3.24. The number of ether oxygens (including phenoxy) is 1. The Labute approximate surface area is 92.8 Å². The number of hydrogen-bond acceptors (Lipinski definition) is 1. The fourth-order valence-corrected chi connectivity index (χ4v) is 1.42. The monoisotopic (exact) mass is 204 g/mol. The second-order valence-corrected chi connectivity index (χ2v) is 4.00. The highest BCUT2D eigenvalue weighted by Crippen LogP contribution is 2.13. The summed E-state index contributed by atoms with van der Waals surface area (Å²) in [4.78, 5) is 0. The second kappa shape index (κ2) is 6.41. The molecule has 0 aliphatic carbocycles. The van der Waals surface area contributed by atoms with Crippen LogP contribution in [0.1, 0.15) is 25.8 Å². The van der Waals surface area contributed by atoms with Gasteiger partial charge in [0.05, 0.1) is 12.7 Å². The van der Waals surface area contributed by atoms with E-state index in [0.717, 1.165) is 6.42 Å². The third kappa shape index (κ3) is 4.30. The Bertz CT molecular complexity index is 279. The van der Waals surface area contributed by atoms with E-state index < -0.39 is 0 Å². The predicted molar refractivity (Wildman–Crippen MR) is 64.7 cm³/mol. The highest BCUT2D eigenvalue weighted by atomic mass is 16.5. The summed E-state index contributed by atoms with van der Waals surface area (Å²) >= 11 is 0. The zero-order valence-corrected chi connectivity index (χ0v) is 9.65. The average Bonchev–Trinajstić information content (AvgIpc) is 2.27. The van der Waals surface area contributed by atoms with E-state index in [1.54, 1.807) is 0 Å². The minimum atomic E-state index is 0.281. The molecule has 0 aliphatic heterocycles. The van der Waals surface area contributed by atoms with Crippen molar-refractivity contribution >= 4 is 0 Å². The Kier molecular flexibility index (Phi) is 5.13. The van der Waals surface area contributed by atoms with Crippen LogP contribution in [0.4, 0.5) is 0 Å². The van der Waals surface area contributed by atoms with Crippen LogP contribution in [-0.2, 0) is 11.3 Å². The maximum atomic E-state index is 5.79. The first kappa shape index (κ1) is 12.0. The van der Waals surface area contributed by atoms with Crippen molar-refractivity contribution in [2.45, 2.75) is 33.0 Å². The van der Waals surface area contributed by atoms with Gasteiger partial charge in [0.25, 0.3) is 0 Å². The molecule has 1 unspecified atom stereocenters. The van der Waals surface area contributed by atoms with Crippen molar-refractivity contribution in [1.29, 1.82) is 0 Å². The maximum Gasteiger partial charge on any atom is 0.0720 e. The van der Waals surface area contributed by atoms with Gasteiger partial charge in [-0.15, -0.1) is 6.58 Å². The molecule has 1 aromatic rings. The maximum absolute atomic E-state index is 5.79. The number of hydrogen-bond donors (Lipinski definition) is 0. The van der Waals surface area contributed by atoms with Gasteiger partial charge in [0.2, 0.25) is 0 Å². The first-order valence-electron chi connectivity index (χ1n) is 5.50. The molecular weight excluding hydrogens is 184 g/mol. The fourth-order valence-electron chi connectivity index (χ4n) is 1.42. The van der Waals surface area contributed by atoms with E-state index in [1.165, 1.54) is 5.56 Å². The molecular formula is C14H20O. The number of benzene rings is 1. The zero-order chi connectivity index (χ0) is 11.1. The summed E-state index contributed by atoms with van der Waals surface area (Å²) < 4.78 is 5.79. The molecule has 1 rings (SSSR count). The molecule has 82 valence electrons. The van der Waals surface area contributed by atoms with Gasteiger partial charge in [-0.3, -0.25) is 0 Å². The summed E-state index contributed by atoms with van der Waals surface area (Å²) in [5.41, 5.74) is 1.23. The molecule has 0 heterocycles. The SMILES string of the molecule is C=CCC(C)[C@@H](C)OCc1ccccc1. The van der Waals surface area contributed by atoms with E-state index in [2.05, 4.69) is 32.6 Å². The molecule has 0 amide bonds. The Morgan fingerprint density at radius 3 is 2.53 bits per heavy atom. The fraction of sp³-hybridized carbons (Fsp3) is 0.429. The molecule has 0 saturated carbocycles. The smallest absolute Gasteiger partial charge is 0.0720 e. The van der Waals surface area contributed by atoms with Crippen LogP contribution in [0.5, 0.6) is 0 Å². The Morgan fingerprint density at radius 2 is 1.93 bits per heavy atom. The lowest BCUT2D eigenvalue weighted by atomic mass is 10.0. The van der Waals surface area contributed by atoms with Crippen molar-refractivity contribution in [2.75, 3.05) is 0 Å². The van der Waals surface area contributed by atoms with Gasteiger partial charge >= 0.3 is 0 Å². The lowest BCUT2D eigenvalue weighted by Crippen LogP contribution is -2.17. The van der Waals surface area contributed by atoms with Crippen molar-refractivity contribution in [3.63, 3.8) is 0 Å². The summed E-state index contributed by atoms with van der Waals surface area (Å²) in [7, 11) is 0. The first-order chi connectivity index (χ1) is 7.24. The lowest BCUT2D eigenvalue weighted by Gasteiger charge is -2.19. The van der Waals surface area contributed by atoms with Crippen molar-refractivity contribution in [3.8, 4) is 0 Å². The van der Waals surface area contributed by atoms with Gasteiger partial charge in [0, 0.05) is 0 Å². The van der Waals surface area contributed by atoms with Crippen LogP contribution < -0.4 is 0 Å². The van der Waals surface area contributed by atoms with Gasteiger partial charge < -0.3 is 4.74 Å². The number of rotatable bonds is 6. The summed E-state index contributed by atoms with van der Waals surface area (Å²) in [6.45, 7) is 8.76. The minimum absolute atomic E-state index is 0.281. The molecule has 1 aromatic carbocycles. The van der Waals surface area contributed by atoms with Crippen molar-refractivity contribution in [3.05, 3.63) is 48.6 Å². The van der Waals surface area contributed by atoms with Gasteiger partial charge in [-0.25, -0.2) is 0 Å². The molecule has 15 heavy (non-hydrogen) atoms. The van der Waals surface area contributed by atoms with E-state index >= 15 is 0 Å². The number of allylic oxidation sites excluding steroid dienone is 1. The van der Waals surface area contributed by atoms with Crippen LogP contribution in [-0.4, -0.2) is 6.10 Å². The van der Waals surface area contributed by atoms with Gasteiger partial charge in [0.1, 0.15) is 0 Å². The molecule has 0 spiro atoms. The van der Waals surface area contributed by atoms with E-state index in [4.69, 9.17) is 4.74 Å². The highest BCUT2D eigenvalue weighted by Gasteiger charge is 2.10. The Morgan fingerprint density at radius 1 is 1.27 bits per heavy atom. The topological polar surface area (TPSA) is 9.23 Å². The van der Waals surface area contributed by atoms with Crippen molar-refractivity contribution in [2.24, 2.45) is 5.92 Å². The third-order valence-corrected chi connectivity index (χ3v) is 2.70. The summed E-state index contributed by atoms with van der Waals surface area (Å²) in [5.74, 6) is 0.534. The lowest BCUT2D eigenvalue weighted by molar-refractivity contribution is 0.0193. The molecule has 2 atom stereocenters. The van der Waals surface area contributed by atoms with Gasteiger partial charge in [-0.2, -0.15) is 0 Å². The minimum Gasteiger partial charge on any atom is -0.374 e. The quantitative estimate of drug-likeness (QED) is 0.640. The summed E-state index contributed by atoms with van der Waals surface area (Å²) in [6, 6.07) is 10.3. The summed E-state index contributed by atoms with van der Waals surface area (Å²) in [5, 5.41) is 0. The Hall–Kier alpha value is -1.08. The normalized spacial score (nSPS) is 14.5. The second-order valence-electron chi connectivity index (χ2n) is 4.00. The van der Waals surface area contributed by atoms with Gasteiger partial charge in [-0.05, 0) is 24.8 Å². The molecule has 0 aliphatic rings. The molecule has 1 heteroatoms. The zero-order valence-electron chi connectivity index (χ0n) is 9.65. The van der Waals surface area contributed by atoms with Crippen LogP contribution in [0.3, 0.4) is 0 Å². The van der Waals surface area contributed by atoms with Crippen molar-refractivity contribution in [1.82, 2.24) is 0 Å². The molecule has 0 saturated heterocycles. The molecule has 0 radical (unpaired) electrons. The largest absolute Gasteiger partial charge is 0.374 e. The molecule has 1 nitrogen and oxygen atoms in total. The van der Waals surface area contributed by atoms with E-state index in [9.17, 15) is 0 Å². The van der Waals surface area contributed by atoms with Crippen LogP contribution >= 0.6 is 0 Å². The molecule has 0 aromatic heterocycles. The van der Waals surface area contributed by atoms with Crippen LogP contribution in [0, 0.1) is 5.92 Å². The third-order valence-electron chi connectivity index (χ3n) is 2.70. The average molecular weight is 204 g/mol. The van der Waals surface area contributed by atoms with Crippen LogP contribution in [0.15, 0.2) is 43.0 Å². The van der Waals surface area contributed by atoms with Gasteiger partial charge in [0.15, 0.2) is 0 Å². The van der Waals surface area contributed by atoms with Crippen LogP contribution in [0.25, 0.3) is 0 Å². The van der Waals surface area contributed by atoms with E-state index in [-0.39, 0.29) is 6.10 Å². The van der Waals surface area contributed by atoms with Crippen molar-refractivity contribution < 1.29 is 4.74 Å². The molecule has 0 fully saturated rings. The van der Waals surface area contributed by atoms with E-state index in [0.29, 0.717) is 12.5 Å². The standard InChI is InChI=1S/C14H20O/c1-4-8-12(2)13(3)15-11-14-9-6-5-7-10-14/h4-7,9-10,12-13H,1,8,11H2,2-3H3/t12?,13-/m1/s1. The Balaban J connectivity index is 2.34. The van der Waals surface area contributed by atoms with Crippen LogP contribution in [0.2, 0.25) is 0 Å².